The molecule has 1 aromatic heterocycles. The van der Waals surface area contributed by atoms with E-state index >= 15 is 0 Å². The van der Waals surface area contributed by atoms with E-state index in [-0.39, 0.29) is 16.0 Å². The predicted octanol–water partition coefficient (Wildman–Crippen LogP) is 3.77. The van der Waals surface area contributed by atoms with Gasteiger partial charge < -0.3 is 4.74 Å². The number of aromatic nitrogens is 2. The third-order valence-electron chi connectivity index (χ3n) is 6.65. The maximum atomic E-state index is 13.7. The molecule has 11 heteroatoms. The first-order valence-electron chi connectivity index (χ1n) is 12.5. The van der Waals surface area contributed by atoms with Gasteiger partial charge in [0.25, 0.3) is 0 Å². The Morgan fingerprint density at radius 2 is 1.94 bits per heavy atom. The molecule has 1 saturated carbocycles. The Kier molecular flexibility index (Phi) is 9.04. The van der Waals surface area contributed by atoms with E-state index in [9.17, 15) is 8.42 Å². The zero-order chi connectivity index (χ0) is 25.0. The first-order chi connectivity index (χ1) is 16.8. The lowest BCUT2D eigenvalue weighted by Gasteiger charge is -2.31. The van der Waals surface area contributed by atoms with E-state index in [1.807, 2.05) is 27.0 Å². The number of hydrogen-bond acceptors (Lipinski definition) is 7. The molecule has 0 amide bonds. The zero-order valence-electron chi connectivity index (χ0n) is 20.8. The second-order valence-corrected chi connectivity index (χ2v) is 12.8. The summed E-state index contributed by atoms with van der Waals surface area (Å²) in [5.41, 5.74) is 0.732. The van der Waals surface area contributed by atoms with Crippen LogP contribution in [0, 0.1) is 0 Å². The van der Waals surface area contributed by atoms with Crippen LogP contribution in [0.3, 0.4) is 0 Å². The number of halogens is 1. The van der Waals surface area contributed by atoms with Gasteiger partial charge in [-0.05, 0) is 38.8 Å². The molecule has 0 spiro atoms. The van der Waals surface area contributed by atoms with Crippen LogP contribution in [0.2, 0.25) is 5.02 Å². The van der Waals surface area contributed by atoms with E-state index in [0.29, 0.717) is 32.3 Å². The molecular weight excluding hydrogens is 506 g/mol. The number of morpholine rings is 1. The molecule has 4 rings (SSSR count). The van der Waals surface area contributed by atoms with E-state index in [1.165, 1.54) is 30.6 Å². The quantitative estimate of drug-likeness (QED) is 0.508. The largest absolute Gasteiger partial charge is 0.379 e. The molecule has 1 saturated heterocycles. The van der Waals surface area contributed by atoms with Gasteiger partial charge in [-0.2, -0.15) is 9.40 Å². The van der Waals surface area contributed by atoms with Crippen molar-refractivity contribution in [1.82, 2.24) is 19.0 Å². The van der Waals surface area contributed by atoms with Gasteiger partial charge in [-0.25, -0.2) is 13.1 Å². The highest BCUT2D eigenvalue weighted by atomic mass is 35.5. The van der Waals surface area contributed by atoms with E-state index in [4.69, 9.17) is 21.3 Å². The molecule has 0 atom stereocenters. The minimum Gasteiger partial charge on any atom is -0.379 e. The number of nitrogens with zero attached hydrogens (tertiary/aromatic N) is 5. The average molecular weight is 542 g/mol. The molecule has 0 N–H and O–H groups in total. The van der Waals surface area contributed by atoms with Crippen molar-refractivity contribution in [1.29, 1.82) is 0 Å². The highest BCUT2D eigenvalue weighted by Gasteiger charge is 2.30. The predicted molar refractivity (Wildman–Crippen MR) is 140 cm³/mol. The van der Waals surface area contributed by atoms with Crippen molar-refractivity contribution in [3.8, 4) is 10.6 Å². The summed E-state index contributed by atoms with van der Waals surface area (Å²) in [4.78, 5) is 8.14. The molecule has 2 aromatic rings. The second kappa shape index (κ2) is 11.8. The van der Waals surface area contributed by atoms with Crippen LogP contribution in [0.4, 0.5) is 0 Å². The molecule has 0 radical (unpaired) electrons. The van der Waals surface area contributed by atoms with Crippen LogP contribution in [-0.2, 0) is 21.8 Å². The first-order valence-corrected chi connectivity index (χ1v) is 15.1. The molecule has 194 valence electrons. The average Bonchev–Trinajstić information content (AvgIpc) is 3.20. The summed E-state index contributed by atoms with van der Waals surface area (Å²) in [6.45, 7) is 7.85. The highest BCUT2D eigenvalue weighted by molar-refractivity contribution is 7.89. The van der Waals surface area contributed by atoms with Gasteiger partial charge in [0.1, 0.15) is 9.90 Å². The van der Waals surface area contributed by atoms with Gasteiger partial charge >= 0.3 is 0 Å². The molecule has 2 fully saturated rings. The van der Waals surface area contributed by atoms with Gasteiger partial charge in [-0.3, -0.25) is 9.89 Å². The summed E-state index contributed by atoms with van der Waals surface area (Å²) in [5, 5.41) is 5.60. The minimum absolute atomic E-state index is 0.121. The highest BCUT2D eigenvalue weighted by Crippen LogP contribution is 2.31. The molecule has 2 aliphatic rings. The van der Waals surface area contributed by atoms with Crippen LogP contribution >= 0.6 is 22.9 Å². The number of benzene rings is 1. The van der Waals surface area contributed by atoms with Crippen LogP contribution in [0.1, 0.15) is 46.0 Å². The maximum Gasteiger partial charge on any atom is 0.244 e. The standard InChI is InChI=1S/C24H36ClN5O3S2/c1-18(2)30(12-11-29-13-15-33-16-14-29)35(31,32)22-17-19(9-10-21(22)25)23-27-28(3)24(34-23)26-20-7-5-4-6-8-20/h9-10,17-18,20H,4-8,11-16H2,1-3H3. The van der Waals surface area contributed by atoms with E-state index in [0.717, 1.165) is 41.3 Å². The Morgan fingerprint density at radius 1 is 1.23 bits per heavy atom. The molecule has 0 unspecified atom stereocenters. The van der Waals surface area contributed by atoms with Crippen LogP contribution in [0.5, 0.6) is 0 Å². The van der Waals surface area contributed by atoms with Crippen LogP contribution in [0.15, 0.2) is 28.1 Å². The van der Waals surface area contributed by atoms with Crippen molar-refractivity contribution in [2.75, 3.05) is 39.4 Å². The molecule has 35 heavy (non-hydrogen) atoms. The van der Waals surface area contributed by atoms with Crippen molar-refractivity contribution in [2.45, 2.75) is 62.9 Å². The van der Waals surface area contributed by atoms with Gasteiger partial charge in [-0.1, -0.05) is 48.3 Å². The van der Waals surface area contributed by atoms with Gasteiger partial charge in [0.15, 0.2) is 0 Å². The summed E-state index contributed by atoms with van der Waals surface area (Å²) in [7, 11) is -1.91. The molecule has 2 heterocycles. The lowest BCUT2D eigenvalue weighted by atomic mass is 9.96. The molecule has 0 bridgehead atoms. The van der Waals surface area contributed by atoms with E-state index in [1.54, 1.807) is 21.1 Å². The molecule has 1 aromatic carbocycles. The number of aryl methyl sites for hydroxylation is 1. The third-order valence-corrected chi connectivity index (χ3v) is 10.3. The fourth-order valence-corrected chi connectivity index (χ4v) is 7.71. The Balaban J connectivity index is 1.60. The van der Waals surface area contributed by atoms with Crippen LogP contribution in [0.25, 0.3) is 10.6 Å². The van der Waals surface area contributed by atoms with Crippen molar-refractivity contribution < 1.29 is 13.2 Å². The Bertz CT molecular complexity index is 1170. The summed E-state index contributed by atoms with van der Waals surface area (Å²) >= 11 is 7.95. The minimum atomic E-state index is -3.80. The summed E-state index contributed by atoms with van der Waals surface area (Å²) in [5.74, 6) is 0. The Labute approximate surface area is 217 Å². The number of ether oxygens (including phenoxy) is 1. The fourth-order valence-electron chi connectivity index (χ4n) is 4.63. The fraction of sp³-hybridized carbons (Fsp3) is 0.667. The van der Waals surface area contributed by atoms with Gasteiger partial charge in [0.2, 0.25) is 14.8 Å². The Hall–Kier alpha value is -1.30. The van der Waals surface area contributed by atoms with E-state index < -0.39 is 10.0 Å². The van der Waals surface area contributed by atoms with Crippen molar-refractivity contribution in [3.63, 3.8) is 0 Å². The number of rotatable bonds is 8. The van der Waals surface area contributed by atoms with Crippen LogP contribution in [-0.4, -0.2) is 78.9 Å². The summed E-state index contributed by atoms with van der Waals surface area (Å²) in [6.07, 6.45) is 5.96. The third kappa shape index (κ3) is 6.53. The first kappa shape index (κ1) is 26.8. The van der Waals surface area contributed by atoms with Crippen molar-refractivity contribution in [3.05, 3.63) is 28.0 Å². The lowest BCUT2D eigenvalue weighted by molar-refractivity contribution is 0.0356. The molecular formula is C24H36ClN5O3S2. The second-order valence-electron chi connectivity index (χ2n) is 9.54. The van der Waals surface area contributed by atoms with Gasteiger partial charge in [0, 0.05) is 44.8 Å². The molecule has 1 aliphatic heterocycles. The number of hydrogen-bond donors (Lipinski definition) is 0. The van der Waals surface area contributed by atoms with Gasteiger partial charge in [-0.15, -0.1) is 0 Å². The zero-order valence-corrected chi connectivity index (χ0v) is 23.2. The maximum absolute atomic E-state index is 13.7. The normalized spacial score (nSPS) is 19.2. The monoisotopic (exact) mass is 541 g/mol. The summed E-state index contributed by atoms with van der Waals surface area (Å²) < 4.78 is 36.2. The topological polar surface area (TPSA) is 80.0 Å². The summed E-state index contributed by atoms with van der Waals surface area (Å²) in [6, 6.07) is 5.29. The van der Waals surface area contributed by atoms with Crippen molar-refractivity contribution >= 4 is 33.0 Å². The Morgan fingerprint density at radius 3 is 2.63 bits per heavy atom. The van der Waals surface area contributed by atoms with Crippen LogP contribution < -0.4 is 4.80 Å². The number of sulfonamides is 1. The lowest BCUT2D eigenvalue weighted by Crippen LogP contribution is -2.45. The molecule has 8 nitrogen and oxygen atoms in total. The van der Waals surface area contributed by atoms with Crippen molar-refractivity contribution in [2.24, 2.45) is 12.0 Å². The van der Waals surface area contributed by atoms with E-state index in [2.05, 4.69) is 10.00 Å². The smallest absolute Gasteiger partial charge is 0.244 e. The molecule has 1 aliphatic carbocycles. The van der Waals surface area contributed by atoms with Gasteiger partial charge in [0.05, 0.1) is 24.3 Å². The SMILES string of the molecule is CC(C)N(CCN1CCOCC1)S(=O)(=O)c1cc(-c2nn(C)c(=NC3CCCCC3)s2)ccc1Cl.